The molecular weight excluding hydrogens is 385 g/mol. The Hall–Kier alpha value is -3.32. The molecule has 0 aliphatic carbocycles. The molecule has 1 amide bonds. The molecule has 1 unspecified atom stereocenters. The van der Waals surface area contributed by atoms with Crippen LogP contribution in [0, 0.1) is 5.82 Å². The van der Waals surface area contributed by atoms with Crippen LogP contribution < -0.4 is 5.32 Å². The van der Waals surface area contributed by atoms with E-state index >= 15 is 0 Å². The van der Waals surface area contributed by atoms with Crippen LogP contribution in [0.3, 0.4) is 0 Å². The zero-order valence-electron chi connectivity index (χ0n) is 16.8. The number of rotatable bonds is 4. The van der Waals surface area contributed by atoms with Gasteiger partial charge in [0.05, 0.1) is 16.8 Å². The number of anilines is 1. The van der Waals surface area contributed by atoms with E-state index in [1.165, 1.54) is 25.1 Å². The van der Waals surface area contributed by atoms with Gasteiger partial charge in [0.2, 0.25) is 0 Å². The molecule has 2 aromatic carbocycles. The standard InChI is InChI=1S/C23H22FN3O3/c1-14(22(28)26-20-10-6-4-8-17(20)24)30-23(29)21-15-7-3-5-9-18(15)25-19-11-12-27(2)13-16(19)21/h3-10,14H,11-13H2,1-2H3,(H,26,28). The number of benzene rings is 2. The summed E-state index contributed by atoms with van der Waals surface area (Å²) >= 11 is 0. The first-order valence-electron chi connectivity index (χ1n) is 9.79. The van der Waals surface area contributed by atoms with Crippen molar-refractivity contribution in [3.05, 3.63) is 71.2 Å². The van der Waals surface area contributed by atoms with Crippen LogP contribution in [-0.2, 0) is 22.5 Å². The highest BCUT2D eigenvalue weighted by Gasteiger charge is 2.28. The van der Waals surface area contributed by atoms with Crippen LogP contribution in [0.4, 0.5) is 10.1 Å². The van der Waals surface area contributed by atoms with E-state index in [4.69, 9.17) is 9.72 Å². The lowest BCUT2D eigenvalue weighted by atomic mass is 9.96. The number of nitrogens with one attached hydrogen (secondary N) is 1. The number of halogens is 1. The number of hydrogen-bond acceptors (Lipinski definition) is 5. The van der Waals surface area contributed by atoms with Crippen molar-refractivity contribution < 1.29 is 18.7 Å². The second-order valence-corrected chi connectivity index (χ2v) is 7.43. The van der Waals surface area contributed by atoms with Crippen molar-refractivity contribution in [2.24, 2.45) is 0 Å². The van der Waals surface area contributed by atoms with E-state index in [2.05, 4.69) is 10.2 Å². The molecule has 30 heavy (non-hydrogen) atoms. The molecule has 2 heterocycles. The van der Waals surface area contributed by atoms with E-state index in [-0.39, 0.29) is 5.69 Å². The van der Waals surface area contributed by atoms with Crippen LogP contribution in [0.1, 0.15) is 28.5 Å². The fourth-order valence-corrected chi connectivity index (χ4v) is 3.63. The maximum absolute atomic E-state index is 13.8. The summed E-state index contributed by atoms with van der Waals surface area (Å²) in [6.45, 7) is 2.90. The Morgan fingerprint density at radius 2 is 1.90 bits per heavy atom. The molecule has 4 rings (SSSR count). The zero-order valence-corrected chi connectivity index (χ0v) is 16.8. The first-order valence-corrected chi connectivity index (χ1v) is 9.79. The predicted molar refractivity (Wildman–Crippen MR) is 112 cm³/mol. The summed E-state index contributed by atoms with van der Waals surface area (Å²) < 4.78 is 19.3. The molecule has 1 aliphatic rings. The van der Waals surface area contributed by atoms with E-state index in [9.17, 15) is 14.0 Å². The molecule has 1 atom stereocenters. The van der Waals surface area contributed by atoms with Gasteiger partial charge in [-0.25, -0.2) is 9.18 Å². The summed E-state index contributed by atoms with van der Waals surface area (Å²) in [6, 6.07) is 13.2. The van der Waals surface area contributed by atoms with Gasteiger partial charge in [-0.05, 0) is 32.2 Å². The summed E-state index contributed by atoms with van der Waals surface area (Å²) in [5, 5.41) is 3.15. The van der Waals surface area contributed by atoms with Gasteiger partial charge in [0, 0.05) is 36.2 Å². The quantitative estimate of drug-likeness (QED) is 0.670. The van der Waals surface area contributed by atoms with Crippen LogP contribution in [0.25, 0.3) is 10.9 Å². The van der Waals surface area contributed by atoms with Crippen molar-refractivity contribution in [2.75, 3.05) is 18.9 Å². The average Bonchev–Trinajstić information content (AvgIpc) is 2.73. The Morgan fingerprint density at radius 3 is 2.70 bits per heavy atom. The Kier molecular flexibility index (Phi) is 5.46. The monoisotopic (exact) mass is 407 g/mol. The van der Waals surface area contributed by atoms with E-state index in [1.807, 2.05) is 31.3 Å². The molecule has 0 spiro atoms. The number of aromatic nitrogens is 1. The van der Waals surface area contributed by atoms with Gasteiger partial charge in [-0.15, -0.1) is 0 Å². The predicted octanol–water partition coefficient (Wildman–Crippen LogP) is 3.55. The van der Waals surface area contributed by atoms with Gasteiger partial charge in [0.1, 0.15) is 5.82 Å². The third-order valence-corrected chi connectivity index (χ3v) is 5.23. The van der Waals surface area contributed by atoms with Crippen molar-refractivity contribution in [1.29, 1.82) is 0 Å². The third-order valence-electron chi connectivity index (χ3n) is 5.23. The molecule has 1 aliphatic heterocycles. The fraction of sp³-hybridized carbons (Fsp3) is 0.261. The largest absolute Gasteiger partial charge is 0.449 e. The van der Waals surface area contributed by atoms with Crippen molar-refractivity contribution in [3.63, 3.8) is 0 Å². The van der Waals surface area contributed by atoms with Gasteiger partial charge in [-0.3, -0.25) is 9.78 Å². The van der Waals surface area contributed by atoms with Crippen molar-refractivity contribution in [2.45, 2.75) is 26.0 Å². The molecule has 0 radical (unpaired) electrons. The number of esters is 1. The summed E-state index contributed by atoms with van der Waals surface area (Å²) in [5.74, 6) is -1.74. The molecule has 3 aromatic rings. The van der Waals surface area contributed by atoms with Gasteiger partial charge in [0.25, 0.3) is 5.91 Å². The second kappa shape index (κ2) is 8.20. The Bertz CT molecular complexity index is 1130. The first kappa shape index (κ1) is 20.0. The topological polar surface area (TPSA) is 71.5 Å². The molecule has 0 bridgehead atoms. The highest BCUT2D eigenvalue weighted by Crippen LogP contribution is 2.28. The van der Waals surface area contributed by atoms with Gasteiger partial charge in [-0.1, -0.05) is 30.3 Å². The van der Waals surface area contributed by atoms with Crippen LogP contribution in [0.15, 0.2) is 48.5 Å². The number of para-hydroxylation sites is 2. The van der Waals surface area contributed by atoms with Gasteiger partial charge >= 0.3 is 5.97 Å². The van der Waals surface area contributed by atoms with Crippen LogP contribution in [0.5, 0.6) is 0 Å². The minimum Gasteiger partial charge on any atom is -0.449 e. The molecule has 1 aromatic heterocycles. The zero-order chi connectivity index (χ0) is 21.3. The van der Waals surface area contributed by atoms with Gasteiger partial charge < -0.3 is 15.0 Å². The SMILES string of the molecule is CC(OC(=O)c1c2c(nc3ccccc13)CCN(C)C2)C(=O)Nc1ccccc1F. The van der Waals surface area contributed by atoms with Crippen LogP contribution >= 0.6 is 0 Å². The number of amides is 1. The maximum atomic E-state index is 13.8. The van der Waals surface area contributed by atoms with Gasteiger partial charge in [-0.2, -0.15) is 0 Å². The summed E-state index contributed by atoms with van der Waals surface area (Å²) in [4.78, 5) is 32.4. The highest BCUT2D eigenvalue weighted by molar-refractivity contribution is 6.06. The second-order valence-electron chi connectivity index (χ2n) is 7.43. The number of fused-ring (bicyclic) bond motifs is 2. The molecule has 7 heteroatoms. The normalized spacial score (nSPS) is 14.8. The summed E-state index contributed by atoms with van der Waals surface area (Å²) in [6.07, 6.45) is -0.360. The number of nitrogens with zero attached hydrogens (tertiary/aromatic N) is 2. The Morgan fingerprint density at radius 1 is 1.17 bits per heavy atom. The number of carbonyl (C=O) groups excluding carboxylic acids is 2. The van der Waals surface area contributed by atoms with Crippen LogP contribution in [-0.4, -0.2) is 41.5 Å². The lowest BCUT2D eigenvalue weighted by Crippen LogP contribution is -2.32. The minimum atomic E-state index is -1.10. The molecule has 1 N–H and O–H groups in total. The number of likely N-dealkylation sites (N-methyl/N-ethyl adjacent to an activating group) is 1. The summed E-state index contributed by atoms with van der Waals surface area (Å²) in [7, 11) is 1.98. The highest BCUT2D eigenvalue weighted by atomic mass is 19.1. The van der Waals surface area contributed by atoms with E-state index in [0.717, 1.165) is 29.7 Å². The van der Waals surface area contributed by atoms with Crippen molar-refractivity contribution in [1.82, 2.24) is 9.88 Å². The number of pyridine rings is 1. The first-order chi connectivity index (χ1) is 14.4. The lowest BCUT2D eigenvalue weighted by Gasteiger charge is -2.27. The smallest absolute Gasteiger partial charge is 0.339 e. The fourth-order valence-electron chi connectivity index (χ4n) is 3.63. The van der Waals surface area contributed by atoms with Crippen molar-refractivity contribution >= 4 is 28.5 Å². The summed E-state index contributed by atoms with van der Waals surface area (Å²) in [5.41, 5.74) is 2.90. The Labute approximate surface area is 173 Å². The van der Waals surface area contributed by atoms with E-state index in [1.54, 1.807) is 6.07 Å². The molecule has 6 nitrogen and oxygen atoms in total. The molecule has 154 valence electrons. The number of ether oxygens (including phenoxy) is 1. The Balaban J connectivity index is 1.62. The maximum Gasteiger partial charge on any atom is 0.339 e. The van der Waals surface area contributed by atoms with Crippen LogP contribution in [0.2, 0.25) is 0 Å². The lowest BCUT2D eigenvalue weighted by molar-refractivity contribution is -0.123. The minimum absolute atomic E-state index is 0.0405. The number of hydrogen-bond donors (Lipinski definition) is 1. The number of carbonyl (C=O) groups is 2. The van der Waals surface area contributed by atoms with E-state index < -0.39 is 23.8 Å². The molecule has 0 saturated carbocycles. The third kappa shape index (κ3) is 3.89. The van der Waals surface area contributed by atoms with Gasteiger partial charge in [0.15, 0.2) is 6.10 Å². The van der Waals surface area contributed by atoms with E-state index in [0.29, 0.717) is 17.5 Å². The molecule has 0 fully saturated rings. The average molecular weight is 407 g/mol. The molecule has 0 saturated heterocycles. The van der Waals surface area contributed by atoms with Crippen molar-refractivity contribution in [3.8, 4) is 0 Å². The molecular formula is C23H22FN3O3.